The quantitative estimate of drug-likeness (QED) is 0.364. The molecule has 1 unspecified atom stereocenters. The van der Waals surface area contributed by atoms with Gasteiger partial charge in [-0.25, -0.2) is 0 Å². The number of nitrogens with zero attached hydrogens (tertiary/aromatic N) is 2. The summed E-state index contributed by atoms with van der Waals surface area (Å²) in [6, 6.07) is 21.3. The summed E-state index contributed by atoms with van der Waals surface area (Å²) in [6.45, 7) is 6.21. The first-order valence-corrected chi connectivity index (χ1v) is 10.2. The number of nitrogens with one attached hydrogen (secondary N) is 1. The molecule has 0 spiro atoms. The Kier molecular flexibility index (Phi) is 5.72. The molecule has 4 nitrogen and oxygen atoms in total. The molecule has 3 aromatic rings. The smallest absolute Gasteiger partial charge is 0.0878 e. The summed E-state index contributed by atoms with van der Waals surface area (Å²) < 4.78 is 0. The van der Waals surface area contributed by atoms with Gasteiger partial charge in [0.25, 0.3) is 0 Å². The lowest BCUT2D eigenvalue weighted by atomic mass is 9.82. The van der Waals surface area contributed by atoms with Crippen molar-refractivity contribution in [2.45, 2.75) is 32.1 Å². The highest BCUT2D eigenvalue weighted by atomic mass is 16.4. The lowest BCUT2D eigenvalue weighted by Gasteiger charge is -2.28. The molecule has 148 valence electrons. The van der Waals surface area contributed by atoms with E-state index in [0.29, 0.717) is 18.1 Å². The summed E-state index contributed by atoms with van der Waals surface area (Å²) in [4.78, 5) is 4.26. The average molecular weight is 386 g/mol. The van der Waals surface area contributed by atoms with Crippen molar-refractivity contribution in [1.29, 1.82) is 0 Å². The van der Waals surface area contributed by atoms with Gasteiger partial charge in [-0.3, -0.25) is 4.98 Å². The van der Waals surface area contributed by atoms with Gasteiger partial charge in [0.2, 0.25) is 0 Å². The van der Waals surface area contributed by atoms with Crippen molar-refractivity contribution in [1.82, 2.24) is 10.3 Å². The van der Waals surface area contributed by atoms with Crippen molar-refractivity contribution >= 4 is 5.71 Å². The lowest BCUT2D eigenvalue weighted by molar-refractivity contribution is 0.317. The Morgan fingerprint density at radius 1 is 1.10 bits per heavy atom. The predicted molar refractivity (Wildman–Crippen MR) is 117 cm³/mol. The van der Waals surface area contributed by atoms with E-state index in [-0.39, 0.29) is 5.92 Å². The first-order valence-electron chi connectivity index (χ1n) is 10.2. The zero-order chi connectivity index (χ0) is 20.2. The minimum atomic E-state index is 0.115. The first kappa shape index (κ1) is 19.3. The molecule has 2 heterocycles. The molecule has 1 aliphatic rings. The lowest BCUT2D eigenvalue weighted by Crippen LogP contribution is -2.39. The average Bonchev–Trinajstić information content (AvgIpc) is 2.69. The number of rotatable bonds is 6. The molecule has 0 aliphatic carbocycles. The third-order valence-corrected chi connectivity index (χ3v) is 5.90. The van der Waals surface area contributed by atoms with Crippen LogP contribution in [0.15, 0.2) is 72.0 Å². The van der Waals surface area contributed by atoms with Gasteiger partial charge in [0.1, 0.15) is 0 Å². The van der Waals surface area contributed by atoms with Crippen molar-refractivity contribution in [2.24, 2.45) is 5.16 Å². The van der Waals surface area contributed by atoms with E-state index in [4.69, 9.17) is 0 Å². The second kappa shape index (κ2) is 8.58. The molecule has 0 amide bonds. The van der Waals surface area contributed by atoms with Gasteiger partial charge < -0.3 is 10.5 Å². The molecule has 0 saturated carbocycles. The molecule has 1 saturated heterocycles. The van der Waals surface area contributed by atoms with Crippen molar-refractivity contribution in [3.05, 3.63) is 100 Å². The minimum Gasteiger partial charge on any atom is -0.411 e. The zero-order valence-corrected chi connectivity index (χ0v) is 17.0. The predicted octanol–water partition coefficient (Wildman–Crippen LogP) is 4.79. The number of oxime groups is 1. The fourth-order valence-corrected chi connectivity index (χ4v) is 4.04. The van der Waals surface area contributed by atoms with Crippen molar-refractivity contribution in [2.75, 3.05) is 13.1 Å². The Morgan fingerprint density at radius 2 is 1.86 bits per heavy atom. The van der Waals surface area contributed by atoms with Crippen molar-refractivity contribution in [3.63, 3.8) is 0 Å². The number of pyridine rings is 1. The second-order valence-corrected chi connectivity index (χ2v) is 7.87. The molecule has 2 aromatic carbocycles. The van der Waals surface area contributed by atoms with Crippen molar-refractivity contribution in [3.8, 4) is 0 Å². The highest BCUT2D eigenvalue weighted by Gasteiger charge is 2.22. The Bertz CT molecular complexity index is 1010. The van der Waals surface area contributed by atoms with E-state index >= 15 is 0 Å². The molecule has 1 fully saturated rings. The molecule has 0 radical (unpaired) electrons. The minimum absolute atomic E-state index is 0.115. The molecule has 1 aromatic heterocycles. The maximum atomic E-state index is 9.80. The van der Waals surface area contributed by atoms with E-state index in [2.05, 4.69) is 70.9 Å². The van der Waals surface area contributed by atoms with E-state index < -0.39 is 0 Å². The van der Waals surface area contributed by atoms with Gasteiger partial charge in [0, 0.05) is 48.8 Å². The van der Waals surface area contributed by atoms with Crippen LogP contribution in [-0.2, 0) is 0 Å². The second-order valence-electron chi connectivity index (χ2n) is 7.87. The van der Waals surface area contributed by atoms with Crippen LogP contribution in [0.2, 0.25) is 0 Å². The summed E-state index contributed by atoms with van der Waals surface area (Å²) in [5.41, 5.74) is 7.63. The Hall–Kier alpha value is -2.98. The van der Waals surface area contributed by atoms with E-state index in [1.54, 1.807) is 6.20 Å². The molecule has 4 heteroatoms. The number of benzene rings is 2. The van der Waals surface area contributed by atoms with E-state index in [0.717, 1.165) is 24.3 Å². The summed E-state index contributed by atoms with van der Waals surface area (Å²) in [5, 5.41) is 16.8. The topological polar surface area (TPSA) is 57.5 Å². The van der Waals surface area contributed by atoms with Crippen LogP contribution in [0.3, 0.4) is 0 Å². The Balaban J connectivity index is 1.69. The summed E-state index contributed by atoms with van der Waals surface area (Å²) in [5.74, 6) is 0.736. The summed E-state index contributed by atoms with van der Waals surface area (Å²) in [7, 11) is 0. The normalized spacial score (nSPS) is 15.7. The fourth-order valence-electron chi connectivity index (χ4n) is 4.04. The molecule has 29 heavy (non-hydrogen) atoms. The zero-order valence-electron chi connectivity index (χ0n) is 17.0. The van der Waals surface area contributed by atoms with Crippen molar-refractivity contribution < 1.29 is 5.21 Å². The molecular weight excluding hydrogens is 358 g/mol. The summed E-state index contributed by atoms with van der Waals surface area (Å²) >= 11 is 0. The van der Waals surface area contributed by atoms with E-state index in [9.17, 15) is 5.21 Å². The maximum Gasteiger partial charge on any atom is 0.0878 e. The third-order valence-electron chi connectivity index (χ3n) is 5.90. The molecule has 4 rings (SSSR count). The Morgan fingerprint density at radius 3 is 2.48 bits per heavy atom. The van der Waals surface area contributed by atoms with Gasteiger partial charge in [0.05, 0.1) is 5.71 Å². The van der Waals surface area contributed by atoms with Gasteiger partial charge in [-0.05, 0) is 48.2 Å². The number of aromatic nitrogens is 1. The van der Waals surface area contributed by atoms with Crippen LogP contribution in [0.25, 0.3) is 0 Å². The highest BCUT2D eigenvalue weighted by Crippen LogP contribution is 2.33. The van der Waals surface area contributed by atoms with Crippen LogP contribution in [0.4, 0.5) is 0 Å². The largest absolute Gasteiger partial charge is 0.411 e. The van der Waals surface area contributed by atoms with Crippen LogP contribution in [0.1, 0.15) is 51.8 Å². The molecule has 0 bridgehead atoms. The maximum absolute atomic E-state index is 9.80. The molecule has 1 aliphatic heterocycles. The van der Waals surface area contributed by atoms with Crippen LogP contribution >= 0.6 is 0 Å². The molecule has 2 N–H and O–H groups in total. The van der Waals surface area contributed by atoms with Gasteiger partial charge in [-0.2, -0.15) is 0 Å². The monoisotopic (exact) mass is 385 g/mol. The van der Waals surface area contributed by atoms with Gasteiger partial charge in [-0.15, -0.1) is 0 Å². The first-order chi connectivity index (χ1) is 14.2. The number of aryl methyl sites for hydroxylation is 2. The van der Waals surface area contributed by atoms with E-state index in [1.165, 1.54) is 22.3 Å². The third kappa shape index (κ3) is 4.22. The molecule has 1 atom stereocenters. The Labute approximate surface area is 172 Å². The number of hydrogen-bond donors (Lipinski definition) is 2. The van der Waals surface area contributed by atoms with Gasteiger partial charge >= 0.3 is 0 Å². The number of hydrogen-bond acceptors (Lipinski definition) is 4. The SMILES string of the molecule is Cc1cc(C(CC(c2ccc(C3CNC3)cc2)c2ccccc2C)=NO)ccn1. The van der Waals surface area contributed by atoms with Gasteiger partial charge in [-0.1, -0.05) is 53.7 Å². The molecular formula is C25H27N3O. The van der Waals surface area contributed by atoms with Crippen LogP contribution in [0.5, 0.6) is 0 Å². The highest BCUT2D eigenvalue weighted by molar-refractivity contribution is 6.00. The van der Waals surface area contributed by atoms with Crippen LogP contribution < -0.4 is 5.32 Å². The fraction of sp³-hybridized carbons (Fsp3) is 0.280. The van der Waals surface area contributed by atoms with Crippen LogP contribution in [0, 0.1) is 13.8 Å². The van der Waals surface area contributed by atoms with E-state index in [1.807, 2.05) is 19.1 Å². The summed E-state index contributed by atoms with van der Waals surface area (Å²) in [6.07, 6.45) is 2.38. The standard InChI is InChI=1S/C25H27N3O/c1-17-5-3-4-6-23(17)24(14-25(28-29)21-11-12-27-18(2)13-21)20-9-7-19(8-10-20)22-15-26-16-22/h3-13,22,24,26,29H,14-16H2,1-2H3. The van der Waals surface area contributed by atoms with Crippen LogP contribution in [-0.4, -0.2) is 29.0 Å². The van der Waals surface area contributed by atoms with Gasteiger partial charge in [0.15, 0.2) is 0 Å².